The molecule has 0 unspecified atom stereocenters. The van der Waals surface area contributed by atoms with E-state index < -0.39 is 23.8 Å². The van der Waals surface area contributed by atoms with Gasteiger partial charge in [0.25, 0.3) is 11.8 Å². The molecule has 0 spiro atoms. The molecule has 0 fully saturated rings. The number of nitrogens with zero attached hydrogens (tertiary/aromatic N) is 1. The zero-order valence-corrected chi connectivity index (χ0v) is 15.5. The van der Waals surface area contributed by atoms with Gasteiger partial charge in [-0.15, -0.1) is 0 Å². The Labute approximate surface area is 165 Å². The summed E-state index contributed by atoms with van der Waals surface area (Å²) in [6, 6.07) is 6.21. The first-order valence-electron chi connectivity index (χ1n) is 6.16. The van der Waals surface area contributed by atoms with Gasteiger partial charge in [0.1, 0.15) is 10.1 Å². The molecule has 0 saturated carbocycles. The van der Waals surface area contributed by atoms with Gasteiger partial charge < -0.3 is 4.74 Å². The van der Waals surface area contributed by atoms with Crippen molar-refractivity contribution in [3.8, 4) is 0 Å². The van der Waals surface area contributed by atoms with E-state index in [1.54, 1.807) is 12.1 Å². The second-order valence-electron chi connectivity index (χ2n) is 4.36. The summed E-state index contributed by atoms with van der Waals surface area (Å²) in [5, 5.41) is -0.709. The van der Waals surface area contributed by atoms with Gasteiger partial charge in [-0.2, -0.15) is 0 Å². The predicted octanol–water partition coefficient (Wildman–Crippen LogP) is 3.66. The van der Waals surface area contributed by atoms with Crippen LogP contribution in [0.25, 0.3) is 0 Å². The molecule has 25 heavy (non-hydrogen) atoms. The minimum absolute atomic E-state index is 0.262. The van der Waals surface area contributed by atoms with Crippen molar-refractivity contribution in [3.63, 3.8) is 0 Å². The van der Waals surface area contributed by atoms with Crippen LogP contribution in [-0.4, -0.2) is 23.8 Å². The summed E-state index contributed by atoms with van der Waals surface area (Å²) < 4.78 is 3.97. The maximum atomic E-state index is 11.6. The molecule has 6 nitrogen and oxygen atoms in total. The van der Waals surface area contributed by atoms with Crippen molar-refractivity contribution in [1.82, 2.24) is 0 Å². The maximum absolute atomic E-state index is 11.6. The number of hydrogen-bond acceptors (Lipinski definition) is 5. The summed E-state index contributed by atoms with van der Waals surface area (Å²) in [7, 11) is 0. The van der Waals surface area contributed by atoms with Crippen molar-refractivity contribution in [2.75, 3.05) is 4.90 Å². The van der Waals surface area contributed by atoms with Crippen LogP contribution < -0.4 is 4.90 Å². The molecule has 11 heteroatoms. The molecule has 0 saturated heterocycles. The SMILES string of the molecule is O=C1C(Cl)=C(Cl)C(=O)N1c1ccc(Cl)cc1.O=C1OC(=O)C(Cl)=C1Cl. The molecule has 1 aromatic rings. The molecular weight excluding hydrogens is 439 g/mol. The average molecular weight is 443 g/mol. The molecule has 0 bridgehead atoms. The van der Waals surface area contributed by atoms with Crippen molar-refractivity contribution in [1.29, 1.82) is 0 Å². The number of hydrogen-bond donors (Lipinski definition) is 0. The molecule has 2 amide bonds. The topological polar surface area (TPSA) is 80.8 Å². The fourth-order valence-corrected chi connectivity index (χ4v) is 2.34. The number of rotatable bonds is 1. The van der Waals surface area contributed by atoms with Crippen LogP contribution >= 0.6 is 58.0 Å². The van der Waals surface area contributed by atoms with Gasteiger partial charge in [0.15, 0.2) is 10.1 Å². The third-order valence-corrected chi connectivity index (χ3v) is 4.63. The normalized spacial score (nSPS) is 17.2. The van der Waals surface area contributed by atoms with E-state index in [-0.39, 0.29) is 20.1 Å². The van der Waals surface area contributed by atoms with Gasteiger partial charge in [0.05, 0.1) is 5.69 Å². The first kappa shape index (κ1) is 19.8. The standard InChI is InChI=1S/C10H4Cl3NO2.C4Cl2O3/c11-5-1-3-6(4-2-5)14-9(15)7(12)8(13)10(14)16;5-1-2(6)4(8)9-3(1)7/h1-4H;. The van der Waals surface area contributed by atoms with Crippen LogP contribution in [0.4, 0.5) is 5.69 Å². The number of halogens is 5. The highest BCUT2D eigenvalue weighted by atomic mass is 35.5. The van der Waals surface area contributed by atoms with Crippen LogP contribution in [0.5, 0.6) is 0 Å². The smallest absolute Gasteiger partial charge is 0.359 e. The maximum Gasteiger partial charge on any atom is 0.359 e. The van der Waals surface area contributed by atoms with Crippen molar-refractivity contribution >= 4 is 87.4 Å². The molecule has 0 aliphatic carbocycles. The van der Waals surface area contributed by atoms with Gasteiger partial charge in [-0.05, 0) is 24.3 Å². The fourth-order valence-electron chi connectivity index (χ4n) is 1.65. The average Bonchev–Trinajstić information content (AvgIpc) is 2.92. The molecule has 2 aliphatic heterocycles. The van der Waals surface area contributed by atoms with Crippen molar-refractivity contribution in [2.24, 2.45) is 0 Å². The third-order valence-electron chi connectivity index (χ3n) is 2.80. The predicted molar refractivity (Wildman–Crippen MR) is 92.5 cm³/mol. The summed E-state index contributed by atoms with van der Waals surface area (Å²) in [6.45, 7) is 0. The zero-order valence-electron chi connectivity index (χ0n) is 11.7. The van der Waals surface area contributed by atoms with Gasteiger partial charge in [-0.1, -0.05) is 58.0 Å². The summed E-state index contributed by atoms with van der Waals surface area (Å²) in [5.41, 5.74) is 0.383. The molecule has 3 rings (SSSR count). The number of imide groups is 1. The molecule has 0 radical (unpaired) electrons. The van der Waals surface area contributed by atoms with Gasteiger partial charge in [-0.25, -0.2) is 14.5 Å². The van der Waals surface area contributed by atoms with Crippen molar-refractivity contribution in [2.45, 2.75) is 0 Å². The van der Waals surface area contributed by atoms with E-state index in [0.29, 0.717) is 10.7 Å². The van der Waals surface area contributed by atoms with Crippen LogP contribution in [-0.2, 0) is 23.9 Å². The van der Waals surface area contributed by atoms with Crippen LogP contribution in [0.3, 0.4) is 0 Å². The highest BCUT2D eigenvalue weighted by molar-refractivity contribution is 6.62. The lowest BCUT2D eigenvalue weighted by Gasteiger charge is -2.13. The second kappa shape index (κ2) is 7.76. The Morgan fingerprint density at radius 2 is 1.04 bits per heavy atom. The quantitative estimate of drug-likeness (QED) is 0.376. The summed E-state index contributed by atoms with van der Waals surface area (Å²) >= 11 is 27.2. The molecule has 2 aliphatic rings. The Kier molecular flexibility index (Phi) is 6.13. The Balaban J connectivity index is 0.000000212. The van der Waals surface area contributed by atoms with E-state index in [9.17, 15) is 19.2 Å². The number of carbonyl (C=O) groups is 4. The van der Waals surface area contributed by atoms with Crippen LogP contribution in [0.1, 0.15) is 0 Å². The molecule has 0 atom stereocenters. The molecule has 0 aromatic heterocycles. The molecule has 130 valence electrons. The Morgan fingerprint density at radius 3 is 1.36 bits per heavy atom. The molecule has 1 aromatic carbocycles. The number of amides is 2. The summed E-state index contributed by atoms with van der Waals surface area (Å²) in [6.07, 6.45) is 0. The second-order valence-corrected chi connectivity index (χ2v) is 6.30. The first-order chi connectivity index (χ1) is 11.6. The Hall–Kier alpha value is -1.57. The van der Waals surface area contributed by atoms with Crippen LogP contribution in [0, 0.1) is 0 Å². The van der Waals surface area contributed by atoms with Gasteiger partial charge in [-0.3, -0.25) is 9.59 Å². The van der Waals surface area contributed by atoms with Crippen LogP contribution in [0.15, 0.2) is 44.4 Å². The number of benzene rings is 1. The van der Waals surface area contributed by atoms with Gasteiger partial charge in [0, 0.05) is 5.02 Å². The molecule has 0 N–H and O–H groups in total. The summed E-state index contributed by atoms with van der Waals surface area (Å²) in [4.78, 5) is 44.7. The van der Waals surface area contributed by atoms with Crippen LogP contribution in [0.2, 0.25) is 5.02 Å². The van der Waals surface area contributed by atoms with Crippen molar-refractivity contribution in [3.05, 3.63) is 49.4 Å². The van der Waals surface area contributed by atoms with E-state index in [2.05, 4.69) is 4.74 Å². The number of ether oxygens (including phenoxy) is 1. The molecular formula is C14H4Cl5NO5. The minimum Gasteiger partial charge on any atom is -0.384 e. The zero-order chi connectivity index (χ0) is 18.9. The van der Waals surface area contributed by atoms with E-state index in [1.807, 2.05) is 0 Å². The minimum atomic E-state index is -0.883. The highest BCUT2D eigenvalue weighted by Crippen LogP contribution is 2.31. The van der Waals surface area contributed by atoms with E-state index in [4.69, 9.17) is 58.0 Å². The van der Waals surface area contributed by atoms with E-state index in [1.165, 1.54) is 12.1 Å². The lowest BCUT2D eigenvalue weighted by Crippen LogP contribution is -2.30. The highest BCUT2D eigenvalue weighted by Gasteiger charge is 2.37. The Bertz CT molecular complexity index is 813. The third kappa shape index (κ3) is 3.99. The lowest BCUT2D eigenvalue weighted by atomic mass is 10.3. The number of anilines is 1. The van der Waals surface area contributed by atoms with Gasteiger partial charge in [0.2, 0.25) is 0 Å². The fraction of sp³-hybridized carbons (Fsp3) is 0. The Morgan fingerprint density at radius 1 is 0.640 bits per heavy atom. The lowest BCUT2D eigenvalue weighted by molar-refractivity contribution is -0.150. The first-order valence-corrected chi connectivity index (χ1v) is 8.05. The van der Waals surface area contributed by atoms with E-state index >= 15 is 0 Å². The monoisotopic (exact) mass is 441 g/mol. The number of cyclic esters (lactones) is 2. The number of carbonyl (C=O) groups excluding carboxylic acids is 4. The number of esters is 2. The van der Waals surface area contributed by atoms with E-state index in [0.717, 1.165) is 4.90 Å². The molecule has 2 heterocycles. The summed E-state index contributed by atoms with van der Waals surface area (Å²) in [5.74, 6) is -3.02. The van der Waals surface area contributed by atoms with Crippen molar-refractivity contribution < 1.29 is 23.9 Å². The van der Waals surface area contributed by atoms with Gasteiger partial charge >= 0.3 is 11.9 Å². The largest absolute Gasteiger partial charge is 0.384 e.